The van der Waals surface area contributed by atoms with Crippen LogP contribution in [0.3, 0.4) is 0 Å². The summed E-state index contributed by atoms with van der Waals surface area (Å²) in [4.78, 5) is 3.00. The molecule has 2 aromatic rings. The Morgan fingerprint density at radius 3 is 2.89 bits per heavy atom. The van der Waals surface area contributed by atoms with E-state index < -0.39 is 0 Å². The fourth-order valence-electron chi connectivity index (χ4n) is 1.81. The molecule has 19 heavy (non-hydrogen) atoms. The maximum atomic E-state index is 6.24. The Bertz CT molecular complexity index is 540. The van der Waals surface area contributed by atoms with Gasteiger partial charge >= 0.3 is 0 Å². The van der Waals surface area contributed by atoms with Crippen molar-refractivity contribution < 1.29 is 9.30 Å². The molecule has 0 saturated heterocycles. The Hall–Kier alpha value is -1.29. The monoisotopic (exact) mass is 297 g/mol. The summed E-state index contributed by atoms with van der Waals surface area (Å²) in [7, 11) is 0. The van der Waals surface area contributed by atoms with Crippen LogP contribution in [-0.4, -0.2) is 11.6 Å². The van der Waals surface area contributed by atoms with Gasteiger partial charge in [-0.1, -0.05) is 35.3 Å². The molecule has 0 radical (unpaired) electrons. The second kappa shape index (κ2) is 6.75. The summed E-state index contributed by atoms with van der Waals surface area (Å²) >= 11 is 12.2. The van der Waals surface area contributed by atoms with Gasteiger partial charge in [-0.2, -0.15) is 0 Å². The number of hydrogen-bond acceptors (Lipinski definition) is 1. The van der Waals surface area contributed by atoms with Crippen LogP contribution in [0.5, 0.6) is 0 Å². The van der Waals surface area contributed by atoms with E-state index in [1.54, 1.807) is 12.1 Å². The number of halogens is 2. The van der Waals surface area contributed by atoms with Crippen LogP contribution >= 0.6 is 23.2 Å². The molecule has 0 bridgehead atoms. The lowest BCUT2D eigenvalue weighted by atomic mass is 10.1. The number of imidazole rings is 1. The summed E-state index contributed by atoms with van der Waals surface area (Å²) in [6.45, 7) is 4.80. The molecule has 1 aromatic heterocycles. The molecule has 1 atom stereocenters. The molecule has 3 nitrogen and oxygen atoms in total. The third kappa shape index (κ3) is 3.83. The average molecular weight is 298 g/mol. The minimum Gasteiger partial charge on any atom is -0.365 e. The zero-order valence-corrected chi connectivity index (χ0v) is 11.9. The van der Waals surface area contributed by atoms with Gasteiger partial charge in [-0.3, -0.25) is 4.98 Å². The molecule has 0 unspecified atom stereocenters. The van der Waals surface area contributed by atoms with Gasteiger partial charge < -0.3 is 4.74 Å². The van der Waals surface area contributed by atoms with E-state index in [-0.39, 0.29) is 6.10 Å². The van der Waals surface area contributed by atoms with Gasteiger partial charge in [0.05, 0.1) is 6.61 Å². The Morgan fingerprint density at radius 1 is 1.42 bits per heavy atom. The first-order chi connectivity index (χ1) is 9.20. The van der Waals surface area contributed by atoms with Crippen LogP contribution in [0.2, 0.25) is 10.0 Å². The molecule has 0 aliphatic carbocycles. The summed E-state index contributed by atoms with van der Waals surface area (Å²) in [5.41, 5.74) is 0.918. The molecule has 1 heterocycles. The minimum atomic E-state index is -0.149. The lowest BCUT2D eigenvalue weighted by Crippen LogP contribution is -2.35. The van der Waals surface area contributed by atoms with Crippen molar-refractivity contribution in [1.29, 1.82) is 0 Å². The maximum absolute atomic E-state index is 6.24. The van der Waals surface area contributed by atoms with Crippen molar-refractivity contribution >= 4 is 23.2 Å². The molecule has 0 amide bonds. The number of benzene rings is 1. The molecule has 1 aromatic carbocycles. The van der Waals surface area contributed by atoms with E-state index in [9.17, 15) is 0 Å². The summed E-state index contributed by atoms with van der Waals surface area (Å²) in [6, 6.07) is 5.44. The predicted octanol–water partition coefficient (Wildman–Crippen LogP) is 3.55. The topological polar surface area (TPSA) is 28.9 Å². The number of hydrogen-bond donors (Lipinski definition) is 1. The smallest absolute Gasteiger partial charge is 0.241 e. The van der Waals surface area contributed by atoms with Crippen LogP contribution in [0.25, 0.3) is 0 Å². The van der Waals surface area contributed by atoms with Gasteiger partial charge in [-0.05, 0) is 12.1 Å². The zero-order valence-electron chi connectivity index (χ0n) is 10.4. The van der Waals surface area contributed by atoms with Crippen LogP contribution in [0.1, 0.15) is 11.7 Å². The fourth-order valence-corrected chi connectivity index (χ4v) is 2.34. The molecule has 1 N–H and O–H groups in total. The molecule has 0 fully saturated rings. The highest BCUT2D eigenvalue weighted by molar-refractivity contribution is 6.35. The van der Waals surface area contributed by atoms with Crippen molar-refractivity contribution in [2.24, 2.45) is 0 Å². The second-order valence-corrected chi connectivity index (χ2v) is 4.93. The summed E-state index contributed by atoms with van der Waals surface area (Å²) < 4.78 is 7.79. The van der Waals surface area contributed by atoms with Gasteiger partial charge in [0, 0.05) is 15.6 Å². The second-order valence-electron chi connectivity index (χ2n) is 4.08. The maximum Gasteiger partial charge on any atom is 0.241 e. The number of aromatic nitrogens is 2. The van der Waals surface area contributed by atoms with Gasteiger partial charge in [0.15, 0.2) is 0 Å². The van der Waals surface area contributed by atoms with E-state index in [1.807, 2.05) is 35.4 Å². The summed E-state index contributed by atoms with van der Waals surface area (Å²) in [6.07, 6.45) is 7.23. The molecule has 2 rings (SSSR count). The average Bonchev–Trinajstić information content (AvgIpc) is 2.88. The highest BCUT2D eigenvalue weighted by Crippen LogP contribution is 2.28. The largest absolute Gasteiger partial charge is 0.365 e. The lowest BCUT2D eigenvalue weighted by molar-refractivity contribution is -0.703. The van der Waals surface area contributed by atoms with Crippen molar-refractivity contribution in [1.82, 2.24) is 4.98 Å². The molecule has 0 saturated carbocycles. The molecule has 0 aliphatic heterocycles. The summed E-state index contributed by atoms with van der Waals surface area (Å²) in [5.74, 6) is 0. The number of nitrogens with zero attached hydrogens (tertiary/aromatic N) is 1. The first-order valence-corrected chi connectivity index (χ1v) is 6.65. The zero-order chi connectivity index (χ0) is 13.7. The number of aromatic amines is 1. The van der Waals surface area contributed by atoms with Crippen molar-refractivity contribution in [3.63, 3.8) is 0 Å². The fraction of sp³-hybridized carbons (Fsp3) is 0.214. The molecule has 100 valence electrons. The molecule has 5 heteroatoms. The van der Waals surface area contributed by atoms with Crippen LogP contribution in [0, 0.1) is 0 Å². The highest BCUT2D eigenvalue weighted by atomic mass is 35.5. The van der Waals surface area contributed by atoms with Crippen molar-refractivity contribution in [3.05, 3.63) is 65.2 Å². The highest BCUT2D eigenvalue weighted by Gasteiger charge is 2.18. The van der Waals surface area contributed by atoms with Crippen LogP contribution in [0.15, 0.2) is 49.6 Å². The molecule has 0 spiro atoms. The van der Waals surface area contributed by atoms with Gasteiger partial charge in [-0.15, -0.1) is 6.58 Å². The van der Waals surface area contributed by atoms with Crippen LogP contribution in [-0.2, 0) is 11.3 Å². The molecule has 0 aliphatic rings. The SMILES string of the molecule is C=CCO[C@H](C[n+]1cc[nH]c1)c1ccc(Cl)cc1Cl. The number of ether oxygens (including phenoxy) is 1. The number of rotatable bonds is 6. The van der Waals surface area contributed by atoms with Crippen LogP contribution < -0.4 is 4.57 Å². The Labute approximate surface area is 122 Å². The van der Waals surface area contributed by atoms with Crippen molar-refractivity contribution in [3.8, 4) is 0 Å². The van der Waals surface area contributed by atoms with E-state index in [0.29, 0.717) is 23.2 Å². The Balaban J connectivity index is 2.22. The minimum absolute atomic E-state index is 0.149. The number of H-pyrrole nitrogens is 1. The van der Waals surface area contributed by atoms with Crippen molar-refractivity contribution in [2.45, 2.75) is 12.6 Å². The lowest BCUT2D eigenvalue weighted by Gasteiger charge is -2.17. The predicted molar refractivity (Wildman–Crippen MR) is 76.3 cm³/mol. The van der Waals surface area contributed by atoms with Gasteiger partial charge in [0.25, 0.3) is 0 Å². The van der Waals surface area contributed by atoms with E-state index in [4.69, 9.17) is 27.9 Å². The van der Waals surface area contributed by atoms with E-state index in [2.05, 4.69) is 11.6 Å². The molecular weight excluding hydrogens is 283 g/mol. The third-order valence-electron chi connectivity index (χ3n) is 2.70. The van der Waals surface area contributed by atoms with Crippen molar-refractivity contribution in [2.75, 3.05) is 6.61 Å². The quantitative estimate of drug-likeness (QED) is 0.641. The van der Waals surface area contributed by atoms with E-state index in [1.165, 1.54) is 0 Å². The standard InChI is InChI=1S/C14H14Cl2N2O/c1-2-7-19-14(9-18-6-5-17-10-18)12-4-3-11(15)8-13(12)16/h2-6,8,10,14H,1,7,9H2/p+1/t14-/m1/s1. The Morgan fingerprint density at radius 2 is 2.26 bits per heavy atom. The third-order valence-corrected chi connectivity index (χ3v) is 3.27. The van der Waals surface area contributed by atoms with E-state index >= 15 is 0 Å². The first kappa shape index (κ1) is 14.1. The number of nitrogens with one attached hydrogen (secondary N) is 1. The van der Waals surface area contributed by atoms with Gasteiger partial charge in [0.2, 0.25) is 6.33 Å². The first-order valence-electron chi connectivity index (χ1n) is 5.90. The summed E-state index contributed by atoms with van der Waals surface area (Å²) in [5, 5.41) is 1.23. The van der Waals surface area contributed by atoms with Gasteiger partial charge in [-0.25, -0.2) is 4.57 Å². The van der Waals surface area contributed by atoms with Gasteiger partial charge in [0.1, 0.15) is 25.0 Å². The van der Waals surface area contributed by atoms with Crippen LogP contribution in [0.4, 0.5) is 0 Å². The van der Waals surface area contributed by atoms with E-state index in [0.717, 1.165) is 5.56 Å². The Kier molecular flexibility index (Phi) is 5.02. The normalized spacial score (nSPS) is 12.3. The molecular formula is C14H15Cl2N2O+.